The molecule has 0 saturated carbocycles. The Hall–Kier alpha value is -1.33. The molecule has 2 heteroatoms. The Kier molecular flexibility index (Phi) is 3.69. The highest BCUT2D eigenvalue weighted by Gasteiger charge is 2.50. The van der Waals surface area contributed by atoms with Crippen LogP contribution in [0.15, 0.2) is 12.1 Å². The molecular formula is C17H23NO. The zero-order chi connectivity index (χ0) is 14.2. The molecule has 19 heavy (non-hydrogen) atoms. The Bertz CT molecular complexity index is 498. The molecule has 1 atom stereocenters. The molecule has 0 spiro atoms. The van der Waals surface area contributed by atoms with Crippen molar-refractivity contribution in [1.82, 2.24) is 0 Å². The molecule has 1 aromatic carbocycles. The van der Waals surface area contributed by atoms with Gasteiger partial charge in [-0.25, -0.2) is 0 Å². The van der Waals surface area contributed by atoms with Crippen molar-refractivity contribution in [3.05, 3.63) is 34.4 Å². The highest BCUT2D eigenvalue weighted by molar-refractivity contribution is 5.45. The molecule has 1 heterocycles. The predicted octanol–water partition coefficient (Wildman–Crippen LogP) is 3.68. The SMILES string of the molecule is Cc1cc(C)c(C2(C(C#N)C(C)C)COC2)c(C)c1. The van der Waals surface area contributed by atoms with Crippen LogP contribution in [0.3, 0.4) is 0 Å². The van der Waals surface area contributed by atoms with E-state index in [9.17, 15) is 5.26 Å². The van der Waals surface area contributed by atoms with Crippen molar-refractivity contribution in [3.8, 4) is 6.07 Å². The molecule has 0 amide bonds. The van der Waals surface area contributed by atoms with Crippen molar-refractivity contribution < 1.29 is 4.74 Å². The summed E-state index contributed by atoms with van der Waals surface area (Å²) >= 11 is 0. The van der Waals surface area contributed by atoms with Crippen LogP contribution in [0.4, 0.5) is 0 Å². The highest BCUT2D eigenvalue weighted by Crippen LogP contribution is 2.45. The third kappa shape index (κ3) is 2.17. The summed E-state index contributed by atoms with van der Waals surface area (Å²) in [6.45, 7) is 12.0. The molecule has 1 saturated heterocycles. The Morgan fingerprint density at radius 3 is 2.00 bits per heavy atom. The summed E-state index contributed by atoms with van der Waals surface area (Å²) in [6.07, 6.45) is 0. The molecule has 0 N–H and O–H groups in total. The molecule has 1 aliphatic rings. The van der Waals surface area contributed by atoms with E-state index in [0.29, 0.717) is 19.1 Å². The van der Waals surface area contributed by atoms with Crippen molar-refractivity contribution >= 4 is 0 Å². The molecular weight excluding hydrogens is 234 g/mol. The van der Waals surface area contributed by atoms with E-state index in [1.807, 2.05) is 0 Å². The number of hydrogen-bond acceptors (Lipinski definition) is 2. The van der Waals surface area contributed by atoms with Gasteiger partial charge in [0.05, 0.1) is 30.6 Å². The van der Waals surface area contributed by atoms with Crippen LogP contribution in [0.2, 0.25) is 0 Å². The van der Waals surface area contributed by atoms with Gasteiger partial charge in [-0.3, -0.25) is 0 Å². The van der Waals surface area contributed by atoms with Crippen LogP contribution in [-0.2, 0) is 10.2 Å². The largest absolute Gasteiger partial charge is 0.379 e. The molecule has 0 aliphatic carbocycles. The van der Waals surface area contributed by atoms with Crippen LogP contribution >= 0.6 is 0 Å². The lowest BCUT2D eigenvalue weighted by molar-refractivity contribution is -0.0882. The Morgan fingerprint density at radius 1 is 1.16 bits per heavy atom. The van der Waals surface area contributed by atoms with Crippen LogP contribution in [0, 0.1) is 43.9 Å². The van der Waals surface area contributed by atoms with Gasteiger partial charge in [-0.15, -0.1) is 0 Å². The quantitative estimate of drug-likeness (QED) is 0.827. The van der Waals surface area contributed by atoms with E-state index in [1.165, 1.54) is 22.3 Å². The number of nitrogens with zero attached hydrogens (tertiary/aromatic N) is 1. The van der Waals surface area contributed by atoms with Gasteiger partial charge < -0.3 is 4.74 Å². The average molecular weight is 257 g/mol. The number of ether oxygens (including phenoxy) is 1. The Morgan fingerprint density at radius 2 is 1.68 bits per heavy atom. The number of nitriles is 1. The van der Waals surface area contributed by atoms with Gasteiger partial charge in [-0.2, -0.15) is 5.26 Å². The fourth-order valence-electron chi connectivity index (χ4n) is 3.68. The summed E-state index contributed by atoms with van der Waals surface area (Å²) < 4.78 is 5.51. The van der Waals surface area contributed by atoms with Crippen molar-refractivity contribution in [3.63, 3.8) is 0 Å². The van der Waals surface area contributed by atoms with Gasteiger partial charge in [0.2, 0.25) is 0 Å². The minimum absolute atomic E-state index is 0.0151. The maximum Gasteiger partial charge on any atom is 0.0669 e. The van der Waals surface area contributed by atoms with Gasteiger partial charge >= 0.3 is 0 Å². The standard InChI is InChI=1S/C17H23NO/c1-11(2)15(8-18)17(9-19-10-17)16-13(4)6-12(3)7-14(16)5/h6-7,11,15H,9-10H2,1-5H3. The first-order valence-corrected chi connectivity index (χ1v) is 6.98. The summed E-state index contributed by atoms with van der Waals surface area (Å²) in [7, 11) is 0. The first-order valence-electron chi connectivity index (χ1n) is 6.98. The first kappa shape index (κ1) is 14.1. The van der Waals surface area contributed by atoms with Gasteiger partial charge in [0.15, 0.2) is 0 Å². The van der Waals surface area contributed by atoms with Crippen LogP contribution < -0.4 is 0 Å². The minimum atomic E-state index is -0.106. The zero-order valence-electron chi connectivity index (χ0n) is 12.6. The van der Waals surface area contributed by atoms with Crippen molar-refractivity contribution in [2.24, 2.45) is 11.8 Å². The summed E-state index contributed by atoms with van der Waals surface area (Å²) in [5, 5.41) is 9.59. The van der Waals surface area contributed by atoms with Crippen molar-refractivity contribution in [2.75, 3.05) is 13.2 Å². The monoisotopic (exact) mass is 257 g/mol. The van der Waals surface area contributed by atoms with E-state index in [-0.39, 0.29) is 11.3 Å². The van der Waals surface area contributed by atoms with Crippen LogP contribution in [-0.4, -0.2) is 13.2 Å². The molecule has 1 aliphatic heterocycles. The second-order valence-corrected chi connectivity index (χ2v) is 6.27. The maximum absolute atomic E-state index is 9.59. The fraction of sp³-hybridized carbons (Fsp3) is 0.588. The van der Waals surface area contributed by atoms with E-state index >= 15 is 0 Å². The second kappa shape index (κ2) is 4.98. The topological polar surface area (TPSA) is 33.0 Å². The fourth-order valence-corrected chi connectivity index (χ4v) is 3.68. The summed E-state index contributed by atoms with van der Waals surface area (Å²) in [5.74, 6) is 0.357. The van der Waals surface area contributed by atoms with E-state index in [4.69, 9.17) is 4.74 Å². The number of rotatable bonds is 3. The average Bonchev–Trinajstić information content (AvgIpc) is 2.23. The molecule has 1 aromatic rings. The van der Waals surface area contributed by atoms with E-state index < -0.39 is 0 Å². The second-order valence-electron chi connectivity index (χ2n) is 6.27. The lowest BCUT2D eigenvalue weighted by Crippen LogP contribution is -2.54. The Balaban J connectivity index is 2.57. The molecule has 0 radical (unpaired) electrons. The lowest BCUT2D eigenvalue weighted by atomic mass is 9.63. The normalized spacial score (nSPS) is 18.8. The minimum Gasteiger partial charge on any atom is -0.379 e. The molecule has 1 fully saturated rings. The third-order valence-corrected chi connectivity index (χ3v) is 4.30. The zero-order valence-corrected chi connectivity index (χ0v) is 12.6. The van der Waals surface area contributed by atoms with Crippen molar-refractivity contribution in [1.29, 1.82) is 5.26 Å². The molecule has 102 valence electrons. The van der Waals surface area contributed by atoms with Gasteiger partial charge in [-0.1, -0.05) is 31.5 Å². The molecule has 1 unspecified atom stereocenters. The van der Waals surface area contributed by atoms with E-state index in [0.717, 1.165) is 0 Å². The predicted molar refractivity (Wildman–Crippen MR) is 77.1 cm³/mol. The van der Waals surface area contributed by atoms with Gasteiger partial charge in [0.1, 0.15) is 0 Å². The summed E-state index contributed by atoms with van der Waals surface area (Å²) in [4.78, 5) is 0. The molecule has 2 rings (SSSR count). The first-order chi connectivity index (χ1) is 8.92. The van der Waals surface area contributed by atoms with Crippen LogP contribution in [0.1, 0.15) is 36.1 Å². The van der Waals surface area contributed by atoms with E-state index in [1.54, 1.807) is 0 Å². The van der Waals surface area contributed by atoms with Gasteiger partial charge in [0.25, 0.3) is 0 Å². The highest BCUT2D eigenvalue weighted by atomic mass is 16.5. The Labute approximate surface area is 116 Å². The number of hydrogen-bond donors (Lipinski definition) is 0. The third-order valence-electron chi connectivity index (χ3n) is 4.30. The number of aryl methyl sites for hydroxylation is 3. The van der Waals surface area contributed by atoms with Gasteiger partial charge in [0, 0.05) is 0 Å². The van der Waals surface area contributed by atoms with Crippen LogP contribution in [0.25, 0.3) is 0 Å². The summed E-state index contributed by atoms with van der Waals surface area (Å²) in [6, 6.07) is 6.97. The molecule has 0 aromatic heterocycles. The summed E-state index contributed by atoms with van der Waals surface area (Å²) in [5.41, 5.74) is 5.10. The van der Waals surface area contributed by atoms with Gasteiger partial charge in [-0.05, 0) is 43.4 Å². The maximum atomic E-state index is 9.59. The molecule has 2 nitrogen and oxygen atoms in total. The molecule has 0 bridgehead atoms. The lowest BCUT2D eigenvalue weighted by Gasteiger charge is -2.48. The number of benzene rings is 1. The smallest absolute Gasteiger partial charge is 0.0669 e. The van der Waals surface area contributed by atoms with Crippen molar-refractivity contribution in [2.45, 2.75) is 40.0 Å². The van der Waals surface area contributed by atoms with Crippen LogP contribution in [0.5, 0.6) is 0 Å². The van der Waals surface area contributed by atoms with E-state index in [2.05, 4.69) is 52.8 Å².